The third-order valence-corrected chi connectivity index (χ3v) is 3.23. The first-order valence-corrected chi connectivity index (χ1v) is 5.75. The highest BCUT2D eigenvalue weighted by atomic mass is 35.5. The third-order valence-electron chi connectivity index (χ3n) is 2.93. The summed E-state index contributed by atoms with van der Waals surface area (Å²) < 4.78 is 6.94. The number of aliphatic hydroxyl groups excluding tert-OH is 2. The van der Waals surface area contributed by atoms with Crippen LogP contribution in [0.3, 0.4) is 0 Å². The Balaban J connectivity index is 2.42. The van der Waals surface area contributed by atoms with E-state index in [1.54, 1.807) is 0 Å². The minimum Gasteiger partial charge on any atom is -0.394 e. The Morgan fingerprint density at radius 2 is 2.22 bits per heavy atom. The first kappa shape index (κ1) is 13.3. The maximum absolute atomic E-state index is 11.8. The summed E-state index contributed by atoms with van der Waals surface area (Å²) >= 11 is 5.58. The van der Waals surface area contributed by atoms with E-state index in [2.05, 4.69) is 0 Å². The van der Waals surface area contributed by atoms with E-state index in [9.17, 15) is 14.7 Å². The summed E-state index contributed by atoms with van der Waals surface area (Å²) in [4.78, 5) is 23.2. The molecule has 1 aliphatic rings. The van der Waals surface area contributed by atoms with Crippen molar-refractivity contribution in [3.8, 4) is 0 Å². The monoisotopic (exact) mass is 276 g/mol. The molecule has 2 heterocycles. The number of aryl methyl sites for hydroxylation is 1. The Hall–Kier alpha value is -1.15. The van der Waals surface area contributed by atoms with Crippen LogP contribution in [0.5, 0.6) is 0 Å². The molecule has 7 nitrogen and oxygen atoms in total. The van der Waals surface area contributed by atoms with E-state index in [1.807, 2.05) is 0 Å². The summed E-state index contributed by atoms with van der Waals surface area (Å²) in [6.45, 7) is 1.18. The number of hydrogen-bond acceptors (Lipinski definition) is 5. The van der Waals surface area contributed by atoms with Crippen LogP contribution in [0.2, 0.25) is 0 Å². The lowest BCUT2D eigenvalue weighted by atomic mass is 10.2. The van der Waals surface area contributed by atoms with Gasteiger partial charge in [-0.15, -0.1) is 0 Å². The smallest absolute Gasteiger partial charge is 0.348 e. The standard InChI is InChI=1S/C10H13ClN2O5/c1-5-3-12(10(17)13(11)9(5)16)8-2-6(15)7(4-14)18-8/h3,6-8,14-15H,2,4H2,1H3/t6-,7+,8+/m0/s1. The summed E-state index contributed by atoms with van der Waals surface area (Å²) in [5.41, 5.74) is -1.03. The van der Waals surface area contributed by atoms with E-state index in [1.165, 1.54) is 13.1 Å². The molecule has 8 heteroatoms. The van der Waals surface area contributed by atoms with Gasteiger partial charge in [-0.25, -0.2) is 4.79 Å². The van der Waals surface area contributed by atoms with Gasteiger partial charge in [-0.05, 0) is 6.92 Å². The Morgan fingerprint density at radius 1 is 1.56 bits per heavy atom. The molecule has 0 aromatic carbocycles. The largest absolute Gasteiger partial charge is 0.394 e. The molecule has 1 aliphatic heterocycles. The zero-order valence-corrected chi connectivity index (χ0v) is 10.4. The topological polar surface area (TPSA) is 93.7 Å². The van der Waals surface area contributed by atoms with Crippen molar-refractivity contribution < 1.29 is 14.9 Å². The van der Waals surface area contributed by atoms with Crippen LogP contribution in [-0.4, -0.2) is 37.7 Å². The normalized spacial score (nSPS) is 27.7. The summed E-state index contributed by atoms with van der Waals surface area (Å²) in [7, 11) is 0. The first-order valence-electron chi connectivity index (χ1n) is 5.41. The van der Waals surface area contributed by atoms with Crippen LogP contribution in [0.15, 0.2) is 15.8 Å². The predicted octanol–water partition coefficient (Wildman–Crippen LogP) is -1.04. The average molecular weight is 277 g/mol. The van der Waals surface area contributed by atoms with Crippen molar-refractivity contribution in [3.05, 3.63) is 32.6 Å². The van der Waals surface area contributed by atoms with Crippen LogP contribution in [0.4, 0.5) is 0 Å². The molecule has 0 saturated carbocycles. The zero-order valence-electron chi connectivity index (χ0n) is 9.62. The first-order chi connectivity index (χ1) is 8.45. The van der Waals surface area contributed by atoms with E-state index < -0.39 is 29.7 Å². The molecule has 1 aromatic heterocycles. The second kappa shape index (κ2) is 4.85. The highest BCUT2D eigenvalue weighted by Crippen LogP contribution is 2.27. The van der Waals surface area contributed by atoms with Crippen molar-refractivity contribution >= 4 is 11.8 Å². The maximum atomic E-state index is 11.8. The van der Waals surface area contributed by atoms with Gasteiger partial charge in [0.15, 0.2) is 0 Å². The summed E-state index contributed by atoms with van der Waals surface area (Å²) in [6.07, 6.45) is -0.852. The number of aromatic nitrogens is 2. The van der Waals surface area contributed by atoms with Gasteiger partial charge in [0.25, 0.3) is 5.56 Å². The average Bonchev–Trinajstić information content (AvgIpc) is 2.72. The van der Waals surface area contributed by atoms with Crippen molar-refractivity contribution in [1.82, 2.24) is 8.65 Å². The Bertz CT molecular complexity index is 566. The number of aliphatic hydroxyl groups is 2. The van der Waals surface area contributed by atoms with Crippen LogP contribution < -0.4 is 11.2 Å². The summed E-state index contributed by atoms with van der Waals surface area (Å²) in [6, 6.07) is 0. The Labute approximate surface area is 107 Å². The summed E-state index contributed by atoms with van der Waals surface area (Å²) in [5.74, 6) is 0. The molecule has 0 radical (unpaired) electrons. The molecule has 100 valence electrons. The highest BCUT2D eigenvalue weighted by molar-refractivity contribution is 6.15. The van der Waals surface area contributed by atoms with Crippen LogP contribution in [0.25, 0.3) is 0 Å². The van der Waals surface area contributed by atoms with Gasteiger partial charge >= 0.3 is 5.69 Å². The molecule has 2 N–H and O–H groups in total. The van der Waals surface area contributed by atoms with Gasteiger partial charge in [0.05, 0.1) is 12.7 Å². The molecule has 18 heavy (non-hydrogen) atoms. The lowest BCUT2D eigenvalue weighted by Crippen LogP contribution is -2.38. The number of ether oxygens (including phenoxy) is 1. The SMILES string of the molecule is Cc1cn([C@H]2C[C@H](O)[C@@H](CO)O2)c(=O)n(Cl)c1=O. The lowest BCUT2D eigenvalue weighted by molar-refractivity contribution is -0.0460. The quantitative estimate of drug-likeness (QED) is 0.720. The van der Waals surface area contributed by atoms with Crippen molar-refractivity contribution in [1.29, 1.82) is 0 Å². The van der Waals surface area contributed by atoms with Crippen LogP contribution in [-0.2, 0) is 4.74 Å². The van der Waals surface area contributed by atoms with Crippen molar-refractivity contribution in [2.24, 2.45) is 0 Å². The van der Waals surface area contributed by atoms with Gasteiger partial charge in [0, 0.05) is 30.0 Å². The fourth-order valence-electron chi connectivity index (χ4n) is 1.92. The Kier molecular flexibility index (Phi) is 3.58. The molecule has 0 amide bonds. The summed E-state index contributed by atoms with van der Waals surface area (Å²) in [5, 5.41) is 18.6. The number of hydrogen-bond donors (Lipinski definition) is 2. The van der Waals surface area contributed by atoms with Gasteiger partial charge < -0.3 is 14.9 Å². The van der Waals surface area contributed by atoms with E-state index in [0.717, 1.165) is 4.57 Å². The Morgan fingerprint density at radius 3 is 2.78 bits per heavy atom. The van der Waals surface area contributed by atoms with E-state index in [-0.39, 0.29) is 18.6 Å². The molecule has 1 aromatic rings. The van der Waals surface area contributed by atoms with Crippen molar-refractivity contribution in [3.63, 3.8) is 0 Å². The molecule has 2 rings (SSSR count). The predicted molar refractivity (Wildman–Crippen MR) is 62.6 cm³/mol. The van der Waals surface area contributed by atoms with E-state index >= 15 is 0 Å². The molecule has 0 aliphatic carbocycles. The van der Waals surface area contributed by atoms with Gasteiger partial charge in [-0.1, -0.05) is 0 Å². The van der Waals surface area contributed by atoms with Crippen molar-refractivity contribution in [2.75, 3.05) is 6.61 Å². The fraction of sp³-hybridized carbons (Fsp3) is 0.600. The molecule has 0 spiro atoms. The molecular formula is C10H13ClN2O5. The van der Waals surface area contributed by atoms with Crippen LogP contribution in [0, 0.1) is 6.92 Å². The molecule has 0 bridgehead atoms. The third kappa shape index (κ3) is 2.10. The number of rotatable bonds is 2. The van der Waals surface area contributed by atoms with Gasteiger partial charge in [-0.3, -0.25) is 9.36 Å². The molecular weight excluding hydrogens is 264 g/mol. The minimum absolute atomic E-state index is 0.152. The van der Waals surface area contributed by atoms with Crippen LogP contribution >= 0.6 is 11.8 Å². The number of halogens is 1. The lowest BCUT2D eigenvalue weighted by Gasteiger charge is -2.15. The van der Waals surface area contributed by atoms with Gasteiger partial charge in [0.2, 0.25) is 0 Å². The fourth-order valence-corrected chi connectivity index (χ4v) is 2.14. The highest BCUT2D eigenvalue weighted by Gasteiger charge is 2.35. The molecule has 1 fully saturated rings. The zero-order chi connectivity index (χ0) is 13.4. The second-order valence-electron chi connectivity index (χ2n) is 4.20. The second-order valence-corrected chi connectivity index (χ2v) is 4.54. The minimum atomic E-state index is -0.858. The number of nitrogens with zero attached hydrogens (tertiary/aromatic N) is 2. The van der Waals surface area contributed by atoms with Gasteiger partial charge in [-0.2, -0.15) is 4.09 Å². The van der Waals surface area contributed by atoms with E-state index in [0.29, 0.717) is 4.09 Å². The van der Waals surface area contributed by atoms with Crippen molar-refractivity contribution in [2.45, 2.75) is 31.8 Å². The molecule has 3 atom stereocenters. The maximum Gasteiger partial charge on any atom is 0.348 e. The van der Waals surface area contributed by atoms with E-state index in [4.69, 9.17) is 21.6 Å². The molecule has 0 unspecified atom stereocenters. The molecule has 1 saturated heterocycles. The van der Waals surface area contributed by atoms with Gasteiger partial charge in [0.1, 0.15) is 12.3 Å². The van der Waals surface area contributed by atoms with Crippen LogP contribution in [0.1, 0.15) is 18.2 Å².